The van der Waals surface area contributed by atoms with Gasteiger partial charge < -0.3 is 4.55 Å². The molecule has 0 aliphatic carbocycles. The van der Waals surface area contributed by atoms with E-state index >= 15 is 0 Å². The molecule has 0 atom stereocenters. The number of hydrogen-bond acceptors (Lipinski definition) is 3. The summed E-state index contributed by atoms with van der Waals surface area (Å²) in [6, 6.07) is 0. The topological polar surface area (TPSA) is 57.2 Å². The van der Waals surface area contributed by atoms with Crippen molar-refractivity contribution in [3.8, 4) is 0 Å². The van der Waals surface area contributed by atoms with Gasteiger partial charge in [-0.15, -0.1) is 0 Å². The van der Waals surface area contributed by atoms with Crippen LogP contribution in [0.15, 0.2) is 4.90 Å². The summed E-state index contributed by atoms with van der Waals surface area (Å²) in [6.45, 7) is 0. The van der Waals surface area contributed by atoms with Crippen molar-refractivity contribution in [2.45, 2.75) is 34.8 Å². The van der Waals surface area contributed by atoms with E-state index in [1.54, 1.807) is 0 Å². The standard InChI is InChI=1S/C11HF15O3S.Na/c12-2-1(6(30(27,28)29)5(15)4(14)3(2)13)7(16,17)8(18,19)9(20,21)10(22,23)11(24,25)26;/h(H,27,28,29);/q;+1/p-1. The molecule has 0 unspecified atom stereocenters. The van der Waals surface area contributed by atoms with Crippen LogP contribution in [0.2, 0.25) is 0 Å². The van der Waals surface area contributed by atoms with E-state index in [0.717, 1.165) is 0 Å². The Morgan fingerprint density at radius 3 is 1.26 bits per heavy atom. The van der Waals surface area contributed by atoms with Crippen molar-refractivity contribution in [1.82, 2.24) is 0 Å². The molecule has 3 nitrogen and oxygen atoms in total. The van der Waals surface area contributed by atoms with Crippen LogP contribution < -0.4 is 29.6 Å². The van der Waals surface area contributed by atoms with Crippen LogP contribution in [0.25, 0.3) is 0 Å². The van der Waals surface area contributed by atoms with E-state index in [0.29, 0.717) is 0 Å². The maximum atomic E-state index is 13.9. The Hall–Kier alpha value is -0.920. The fourth-order valence-electron chi connectivity index (χ4n) is 1.86. The molecule has 0 saturated carbocycles. The third-order valence-corrected chi connectivity index (χ3v) is 4.21. The van der Waals surface area contributed by atoms with Crippen molar-refractivity contribution in [1.29, 1.82) is 0 Å². The average molecular weight is 520 g/mol. The van der Waals surface area contributed by atoms with Crippen molar-refractivity contribution in [2.75, 3.05) is 0 Å². The van der Waals surface area contributed by atoms with Gasteiger partial charge in [0.1, 0.15) is 15.0 Å². The summed E-state index contributed by atoms with van der Waals surface area (Å²) in [5, 5.41) is 0. The molecule has 1 aromatic carbocycles. The van der Waals surface area contributed by atoms with Crippen LogP contribution in [0, 0.1) is 23.3 Å². The van der Waals surface area contributed by atoms with Gasteiger partial charge in [-0.3, -0.25) is 0 Å². The molecule has 0 bridgehead atoms. The molecule has 0 amide bonds. The van der Waals surface area contributed by atoms with Gasteiger partial charge in [0.2, 0.25) is 0 Å². The van der Waals surface area contributed by atoms with Gasteiger partial charge in [-0.05, 0) is 0 Å². The second-order valence-corrected chi connectivity index (χ2v) is 6.53. The van der Waals surface area contributed by atoms with E-state index in [4.69, 9.17) is 0 Å². The van der Waals surface area contributed by atoms with Crippen LogP contribution >= 0.6 is 0 Å². The number of rotatable bonds is 5. The number of alkyl halides is 11. The molecule has 20 heteroatoms. The smallest absolute Gasteiger partial charge is 0.744 e. The Labute approximate surface area is 182 Å². The summed E-state index contributed by atoms with van der Waals surface area (Å²) in [4.78, 5) is -3.77. The number of hydrogen-bond donors (Lipinski definition) is 0. The molecule has 174 valence electrons. The molecule has 31 heavy (non-hydrogen) atoms. The summed E-state index contributed by atoms with van der Waals surface area (Å²) in [7, 11) is -7.12. The molecule has 1 rings (SSSR count). The minimum Gasteiger partial charge on any atom is -0.744 e. The zero-order valence-electron chi connectivity index (χ0n) is 13.8. The molecule has 0 fully saturated rings. The van der Waals surface area contributed by atoms with Gasteiger partial charge in [0.25, 0.3) is 0 Å². The minimum absolute atomic E-state index is 0. The maximum absolute atomic E-state index is 13.9. The van der Waals surface area contributed by atoms with Gasteiger partial charge in [-0.2, -0.15) is 48.3 Å². The van der Waals surface area contributed by atoms with Crippen LogP contribution in [0.3, 0.4) is 0 Å². The molecule has 0 heterocycles. The van der Waals surface area contributed by atoms with Crippen molar-refractivity contribution < 1.29 is 108 Å². The SMILES string of the molecule is O=S(=O)([O-])c1c(F)c(F)c(F)c(F)c1C(F)(F)C(F)(F)C(F)(F)C(F)(F)C(F)(F)F.[Na+]. The van der Waals surface area contributed by atoms with Gasteiger partial charge in [0, 0.05) is 0 Å². The fraction of sp³-hybridized carbons (Fsp3) is 0.455. The Balaban J connectivity index is 0.00000900. The van der Waals surface area contributed by atoms with Gasteiger partial charge in [0.05, 0.1) is 5.56 Å². The number of benzene rings is 1. The van der Waals surface area contributed by atoms with E-state index in [-0.39, 0.29) is 29.6 Å². The third-order valence-electron chi connectivity index (χ3n) is 3.33. The third kappa shape index (κ3) is 4.22. The fourth-order valence-corrected chi connectivity index (χ4v) is 2.63. The van der Waals surface area contributed by atoms with Crippen molar-refractivity contribution >= 4 is 10.1 Å². The van der Waals surface area contributed by atoms with Crippen LogP contribution in [0.4, 0.5) is 65.9 Å². The zero-order valence-corrected chi connectivity index (χ0v) is 16.6. The van der Waals surface area contributed by atoms with E-state index < -0.39 is 73.7 Å². The van der Waals surface area contributed by atoms with E-state index in [1.807, 2.05) is 0 Å². The molecule has 0 aliphatic rings. The predicted molar refractivity (Wildman–Crippen MR) is 59.0 cm³/mol. The second-order valence-electron chi connectivity index (χ2n) is 5.21. The predicted octanol–water partition coefficient (Wildman–Crippen LogP) is 1.71. The quantitative estimate of drug-likeness (QED) is 0.196. The van der Waals surface area contributed by atoms with Gasteiger partial charge in [-0.25, -0.2) is 26.0 Å². The summed E-state index contributed by atoms with van der Waals surface area (Å²) in [5.41, 5.74) is -4.24. The van der Waals surface area contributed by atoms with E-state index in [1.165, 1.54) is 0 Å². The Morgan fingerprint density at radius 1 is 0.581 bits per heavy atom. The molecular weight excluding hydrogens is 520 g/mol. The summed E-state index contributed by atoms with van der Waals surface area (Å²) >= 11 is 0. The summed E-state index contributed by atoms with van der Waals surface area (Å²) in [5.74, 6) is -46.7. The average Bonchev–Trinajstić information content (AvgIpc) is 2.52. The van der Waals surface area contributed by atoms with Gasteiger partial charge >= 0.3 is 59.4 Å². The molecule has 0 aromatic heterocycles. The first-order valence-electron chi connectivity index (χ1n) is 6.29. The summed E-state index contributed by atoms with van der Waals surface area (Å²) < 4.78 is 228. The van der Waals surface area contributed by atoms with E-state index in [2.05, 4.69) is 0 Å². The largest absolute Gasteiger partial charge is 1.00 e. The van der Waals surface area contributed by atoms with Gasteiger partial charge in [0.15, 0.2) is 23.3 Å². The first kappa shape index (κ1) is 30.1. The Morgan fingerprint density at radius 2 is 0.935 bits per heavy atom. The van der Waals surface area contributed by atoms with Crippen molar-refractivity contribution in [3.63, 3.8) is 0 Å². The maximum Gasteiger partial charge on any atom is 1.00 e. The molecular formula is C11F15NaO3S. The van der Waals surface area contributed by atoms with Crippen LogP contribution in [0.1, 0.15) is 5.56 Å². The van der Waals surface area contributed by atoms with Crippen LogP contribution in [-0.4, -0.2) is 36.9 Å². The van der Waals surface area contributed by atoms with Crippen molar-refractivity contribution in [2.24, 2.45) is 0 Å². The Bertz CT molecular complexity index is 970. The monoisotopic (exact) mass is 520 g/mol. The minimum atomic E-state index is -8.24. The Kier molecular flexibility index (Phi) is 7.90. The molecule has 0 aliphatic heterocycles. The first-order chi connectivity index (χ1) is 12.9. The molecule has 1 aromatic rings. The van der Waals surface area contributed by atoms with E-state index in [9.17, 15) is 78.8 Å². The van der Waals surface area contributed by atoms with Crippen LogP contribution in [-0.2, 0) is 16.0 Å². The second kappa shape index (κ2) is 8.14. The zero-order chi connectivity index (χ0) is 24.5. The molecule has 0 spiro atoms. The van der Waals surface area contributed by atoms with Gasteiger partial charge in [-0.1, -0.05) is 0 Å². The number of halogens is 15. The molecule has 0 saturated heterocycles. The molecule has 0 radical (unpaired) electrons. The van der Waals surface area contributed by atoms with Crippen LogP contribution in [0.5, 0.6) is 0 Å². The molecule has 0 N–H and O–H groups in total. The normalized spacial score (nSPS) is 14.5. The van der Waals surface area contributed by atoms with Crippen molar-refractivity contribution in [3.05, 3.63) is 28.8 Å². The first-order valence-corrected chi connectivity index (χ1v) is 7.70. The summed E-state index contributed by atoms with van der Waals surface area (Å²) in [6.07, 6.45) is -7.67.